The fourth-order valence-corrected chi connectivity index (χ4v) is 1.47. The monoisotopic (exact) mass is 171 g/mol. The molecule has 0 N–H and O–H groups in total. The fourth-order valence-electron chi connectivity index (χ4n) is 0.694. The zero-order valence-electron chi connectivity index (χ0n) is 7.18. The highest BCUT2D eigenvalue weighted by molar-refractivity contribution is 7.13. The number of ether oxygens (including phenoxy) is 1. The third kappa shape index (κ3) is 2.19. The van der Waals surface area contributed by atoms with Crippen molar-refractivity contribution in [2.45, 2.75) is 27.2 Å². The Morgan fingerprint density at radius 1 is 1.45 bits per heavy atom. The highest BCUT2D eigenvalue weighted by Gasteiger charge is 2.02. The van der Waals surface area contributed by atoms with Crippen LogP contribution in [0.4, 0.5) is 0 Å². The van der Waals surface area contributed by atoms with Gasteiger partial charge in [-0.15, -0.1) is 0 Å². The van der Waals surface area contributed by atoms with Crippen molar-refractivity contribution in [3.63, 3.8) is 0 Å². The van der Waals surface area contributed by atoms with E-state index in [4.69, 9.17) is 4.74 Å². The molecule has 0 amide bonds. The Balaban J connectivity index is 2.58. The molecule has 0 atom stereocenters. The topological polar surface area (TPSA) is 22.1 Å². The van der Waals surface area contributed by atoms with Gasteiger partial charge in [-0.25, -0.2) is 4.98 Å². The summed E-state index contributed by atoms with van der Waals surface area (Å²) >= 11 is 1.62. The van der Waals surface area contributed by atoms with E-state index in [1.165, 1.54) is 4.88 Å². The van der Waals surface area contributed by atoms with Crippen LogP contribution in [-0.4, -0.2) is 11.6 Å². The molecule has 0 fully saturated rings. The molecular formula is C8H13NOS. The largest absolute Gasteiger partial charge is 0.470 e. The molecule has 2 nitrogen and oxygen atoms in total. The maximum Gasteiger partial charge on any atom is 0.273 e. The first-order valence-corrected chi connectivity index (χ1v) is 4.62. The average molecular weight is 171 g/mol. The Bertz CT molecular complexity index is 212. The molecule has 0 aromatic carbocycles. The molecular weight excluding hydrogens is 158 g/mol. The van der Waals surface area contributed by atoms with Crippen molar-refractivity contribution >= 4 is 11.3 Å². The number of hydrogen-bond acceptors (Lipinski definition) is 3. The lowest BCUT2D eigenvalue weighted by molar-refractivity contribution is 0.315. The summed E-state index contributed by atoms with van der Waals surface area (Å²) in [7, 11) is 0. The van der Waals surface area contributed by atoms with Crippen LogP contribution in [-0.2, 0) is 0 Å². The molecule has 3 heteroatoms. The Labute approximate surface area is 71.2 Å². The lowest BCUT2D eigenvalue weighted by Crippen LogP contribution is -1.93. The van der Waals surface area contributed by atoms with E-state index in [9.17, 15) is 0 Å². The Kier molecular flexibility index (Phi) is 2.88. The molecule has 1 rings (SSSR count). The summed E-state index contributed by atoms with van der Waals surface area (Å²) in [6.45, 7) is 6.93. The summed E-state index contributed by atoms with van der Waals surface area (Å²) in [5.74, 6) is 0. The minimum atomic E-state index is 0.770. The molecule has 1 heterocycles. The molecule has 0 aliphatic heterocycles. The molecule has 0 spiro atoms. The molecule has 0 unspecified atom stereocenters. The molecule has 0 aliphatic rings. The second-order valence-corrected chi connectivity index (χ2v) is 3.64. The standard InChI is InChI=1S/C8H13NOS/c1-4-5-10-8-9-6(2)7(3)11-8/h4-5H2,1-3H3. The summed E-state index contributed by atoms with van der Waals surface area (Å²) in [6.07, 6.45) is 1.04. The number of rotatable bonds is 3. The van der Waals surface area contributed by atoms with Gasteiger partial charge < -0.3 is 4.74 Å². The molecule has 62 valence electrons. The van der Waals surface area contributed by atoms with Gasteiger partial charge in [0.15, 0.2) is 0 Å². The van der Waals surface area contributed by atoms with Gasteiger partial charge in [0.2, 0.25) is 0 Å². The van der Waals surface area contributed by atoms with Gasteiger partial charge in [-0.2, -0.15) is 0 Å². The summed E-state index contributed by atoms with van der Waals surface area (Å²) in [5.41, 5.74) is 1.08. The number of aryl methyl sites for hydroxylation is 2. The fraction of sp³-hybridized carbons (Fsp3) is 0.625. The van der Waals surface area contributed by atoms with Gasteiger partial charge in [0, 0.05) is 4.88 Å². The van der Waals surface area contributed by atoms with E-state index in [1.54, 1.807) is 11.3 Å². The van der Waals surface area contributed by atoms with E-state index >= 15 is 0 Å². The van der Waals surface area contributed by atoms with Crippen molar-refractivity contribution < 1.29 is 4.74 Å². The quantitative estimate of drug-likeness (QED) is 0.697. The first-order valence-electron chi connectivity index (χ1n) is 3.81. The molecule has 0 saturated heterocycles. The third-order valence-corrected chi connectivity index (χ3v) is 2.42. The molecule has 0 aliphatic carbocycles. The zero-order chi connectivity index (χ0) is 8.27. The van der Waals surface area contributed by atoms with E-state index in [2.05, 4.69) is 18.8 Å². The normalized spacial score (nSPS) is 10.1. The van der Waals surface area contributed by atoms with Crippen LogP contribution < -0.4 is 4.74 Å². The summed E-state index contributed by atoms with van der Waals surface area (Å²) in [6, 6.07) is 0. The SMILES string of the molecule is CCCOc1nc(C)c(C)s1. The Hall–Kier alpha value is -0.570. The van der Waals surface area contributed by atoms with E-state index in [1.807, 2.05) is 6.92 Å². The molecule has 11 heavy (non-hydrogen) atoms. The average Bonchev–Trinajstić information content (AvgIpc) is 2.28. The molecule has 1 aromatic heterocycles. The number of thiazole rings is 1. The van der Waals surface area contributed by atoms with Crippen LogP contribution in [0, 0.1) is 13.8 Å². The van der Waals surface area contributed by atoms with Crippen molar-refractivity contribution in [3.05, 3.63) is 10.6 Å². The lowest BCUT2D eigenvalue weighted by Gasteiger charge is -1.96. The van der Waals surface area contributed by atoms with Crippen LogP contribution in [0.25, 0.3) is 0 Å². The van der Waals surface area contributed by atoms with Crippen LogP contribution >= 0.6 is 11.3 Å². The number of hydrogen-bond donors (Lipinski definition) is 0. The Morgan fingerprint density at radius 2 is 2.18 bits per heavy atom. The van der Waals surface area contributed by atoms with Gasteiger partial charge in [-0.3, -0.25) is 0 Å². The smallest absolute Gasteiger partial charge is 0.273 e. The molecule has 0 saturated carbocycles. The molecule has 1 aromatic rings. The first kappa shape index (κ1) is 8.53. The van der Waals surface area contributed by atoms with Crippen molar-refractivity contribution in [1.82, 2.24) is 4.98 Å². The van der Waals surface area contributed by atoms with Crippen molar-refractivity contribution in [2.75, 3.05) is 6.61 Å². The van der Waals surface area contributed by atoms with Gasteiger partial charge in [0.05, 0.1) is 12.3 Å². The van der Waals surface area contributed by atoms with Crippen LogP contribution in [0.15, 0.2) is 0 Å². The van der Waals surface area contributed by atoms with Gasteiger partial charge in [-0.05, 0) is 20.3 Å². The van der Waals surface area contributed by atoms with Gasteiger partial charge >= 0.3 is 0 Å². The molecule has 0 radical (unpaired) electrons. The zero-order valence-corrected chi connectivity index (χ0v) is 7.99. The number of aromatic nitrogens is 1. The minimum absolute atomic E-state index is 0.770. The highest BCUT2D eigenvalue weighted by Crippen LogP contribution is 2.23. The lowest BCUT2D eigenvalue weighted by atomic mass is 10.4. The predicted octanol–water partition coefficient (Wildman–Crippen LogP) is 2.55. The van der Waals surface area contributed by atoms with Gasteiger partial charge in [0.25, 0.3) is 5.19 Å². The maximum absolute atomic E-state index is 5.36. The number of nitrogens with zero attached hydrogens (tertiary/aromatic N) is 1. The summed E-state index contributed by atoms with van der Waals surface area (Å²) < 4.78 is 5.36. The third-order valence-electron chi connectivity index (χ3n) is 1.44. The summed E-state index contributed by atoms with van der Waals surface area (Å²) in [4.78, 5) is 5.49. The minimum Gasteiger partial charge on any atom is -0.470 e. The first-order chi connectivity index (χ1) is 5.24. The van der Waals surface area contributed by atoms with Gasteiger partial charge in [-0.1, -0.05) is 18.3 Å². The van der Waals surface area contributed by atoms with Crippen LogP contribution in [0.2, 0.25) is 0 Å². The van der Waals surface area contributed by atoms with Crippen LogP contribution in [0.5, 0.6) is 5.19 Å². The van der Waals surface area contributed by atoms with Crippen molar-refractivity contribution in [1.29, 1.82) is 0 Å². The van der Waals surface area contributed by atoms with Gasteiger partial charge in [0.1, 0.15) is 0 Å². The van der Waals surface area contributed by atoms with Crippen LogP contribution in [0.1, 0.15) is 23.9 Å². The molecule has 0 bridgehead atoms. The van der Waals surface area contributed by atoms with E-state index in [0.717, 1.165) is 23.9 Å². The second kappa shape index (κ2) is 3.72. The van der Waals surface area contributed by atoms with Crippen LogP contribution in [0.3, 0.4) is 0 Å². The summed E-state index contributed by atoms with van der Waals surface area (Å²) in [5, 5.41) is 0.807. The maximum atomic E-state index is 5.36. The van der Waals surface area contributed by atoms with E-state index in [-0.39, 0.29) is 0 Å². The predicted molar refractivity (Wildman–Crippen MR) is 47.4 cm³/mol. The Morgan fingerprint density at radius 3 is 2.64 bits per heavy atom. The highest BCUT2D eigenvalue weighted by atomic mass is 32.1. The van der Waals surface area contributed by atoms with Crippen molar-refractivity contribution in [2.24, 2.45) is 0 Å². The van der Waals surface area contributed by atoms with Crippen molar-refractivity contribution in [3.8, 4) is 5.19 Å². The second-order valence-electron chi connectivity index (χ2n) is 2.47. The van der Waals surface area contributed by atoms with E-state index < -0.39 is 0 Å². The van der Waals surface area contributed by atoms with E-state index in [0.29, 0.717) is 0 Å².